The maximum Gasteiger partial charge on any atom is 0.0584 e. The quantitative estimate of drug-likeness (QED) is 0.682. The van der Waals surface area contributed by atoms with Gasteiger partial charge < -0.3 is 10.8 Å². The van der Waals surface area contributed by atoms with E-state index >= 15 is 0 Å². The molecule has 1 aromatic carbocycles. The van der Waals surface area contributed by atoms with Gasteiger partial charge in [-0.1, -0.05) is 12.1 Å². The molecular formula is C10H14BrNO. The molecule has 13 heavy (non-hydrogen) atoms. The minimum Gasteiger partial charge on any atom is -0.398 e. The molecule has 0 amide bonds. The van der Waals surface area contributed by atoms with Gasteiger partial charge in [-0.05, 0) is 30.0 Å². The van der Waals surface area contributed by atoms with E-state index in [4.69, 9.17) is 5.73 Å². The zero-order chi connectivity index (χ0) is 8.55. The first-order chi connectivity index (χ1) is 5.77. The van der Waals surface area contributed by atoms with Gasteiger partial charge in [0.05, 0.1) is 6.10 Å². The van der Waals surface area contributed by atoms with Gasteiger partial charge in [-0.25, -0.2) is 0 Å². The van der Waals surface area contributed by atoms with Gasteiger partial charge >= 0.3 is 0 Å². The van der Waals surface area contributed by atoms with Crippen LogP contribution in [0.3, 0.4) is 0 Å². The summed E-state index contributed by atoms with van der Waals surface area (Å²) in [4.78, 5) is 0. The monoisotopic (exact) mass is 243 g/mol. The average molecular weight is 244 g/mol. The molecule has 0 heterocycles. The van der Waals surface area contributed by atoms with Crippen molar-refractivity contribution in [1.29, 1.82) is 0 Å². The third-order valence-electron chi connectivity index (χ3n) is 2.50. The normalized spacial score (nSPS) is 20.2. The second kappa shape index (κ2) is 4.11. The van der Waals surface area contributed by atoms with Crippen LogP contribution < -0.4 is 5.73 Å². The lowest BCUT2D eigenvalue weighted by atomic mass is 9.89. The Balaban J connectivity index is 0.000000845. The SMILES string of the molecule is Br.Nc1cccc2c1CC(O)CC2. The van der Waals surface area contributed by atoms with Gasteiger partial charge in [-0.2, -0.15) is 0 Å². The van der Waals surface area contributed by atoms with Crippen LogP contribution in [0.15, 0.2) is 18.2 Å². The van der Waals surface area contributed by atoms with Crippen molar-refractivity contribution in [2.45, 2.75) is 25.4 Å². The van der Waals surface area contributed by atoms with E-state index in [1.807, 2.05) is 12.1 Å². The molecule has 2 nitrogen and oxygen atoms in total. The molecule has 1 atom stereocenters. The Morgan fingerprint density at radius 3 is 2.92 bits per heavy atom. The molecule has 3 N–H and O–H groups in total. The standard InChI is InChI=1S/C10H13NO.BrH/c11-10-3-1-2-7-4-5-8(12)6-9(7)10;/h1-3,8,12H,4-6,11H2;1H. The number of aliphatic hydroxyl groups is 1. The smallest absolute Gasteiger partial charge is 0.0584 e. The fourth-order valence-corrected chi connectivity index (χ4v) is 1.80. The molecule has 0 saturated carbocycles. The molecule has 0 bridgehead atoms. The number of halogens is 1. The Kier molecular flexibility index (Phi) is 3.33. The maximum absolute atomic E-state index is 9.42. The van der Waals surface area contributed by atoms with Crippen LogP contribution in [0, 0.1) is 0 Å². The van der Waals surface area contributed by atoms with E-state index in [-0.39, 0.29) is 23.1 Å². The number of hydrogen-bond acceptors (Lipinski definition) is 2. The summed E-state index contributed by atoms with van der Waals surface area (Å²) in [5, 5.41) is 9.42. The molecule has 2 rings (SSSR count). The van der Waals surface area contributed by atoms with Crippen molar-refractivity contribution in [2.75, 3.05) is 5.73 Å². The molecule has 1 unspecified atom stereocenters. The highest BCUT2D eigenvalue weighted by Crippen LogP contribution is 2.25. The van der Waals surface area contributed by atoms with Gasteiger partial charge in [0, 0.05) is 12.1 Å². The van der Waals surface area contributed by atoms with Crippen LogP contribution in [-0.4, -0.2) is 11.2 Å². The van der Waals surface area contributed by atoms with E-state index in [9.17, 15) is 5.11 Å². The van der Waals surface area contributed by atoms with E-state index in [1.54, 1.807) is 0 Å². The highest BCUT2D eigenvalue weighted by molar-refractivity contribution is 8.93. The van der Waals surface area contributed by atoms with Crippen molar-refractivity contribution < 1.29 is 5.11 Å². The van der Waals surface area contributed by atoms with Crippen LogP contribution in [0.5, 0.6) is 0 Å². The van der Waals surface area contributed by atoms with Crippen LogP contribution in [0.25, 0.3) is 0 Å². The molecule has 3 heteroatoms. The lowest BCUT2D eigenvalue weighted by molar-refractivity contribution is 0.159. The number of nitrogens with two attached hydrogens (primary N) is 1. The molecule has 0 aliphatic heterocycles. The molecule has 0 aromatic heterocycles. The average Bonchev–Trinajstić information content (AvgIpc) is 2.07. The fraction of sp³-hybridized carbons (Fsp3) is 0.400. The van der Waals surface area contributed by atoms with Crippen molar-refractivity contribution >= 4 is 22.7 Å². The molecule has 0 fully saturated rings. The van der Waals surface area contributed by atoms with Gasteiger partial charge in [-0.3, -0.25) is 0 Å². The highest BCUT2D eigenvalue weighted by Gasteiger charge is 2.17. The predicted molar refractivity (Wildman–Crippen MR) is 59.2 cm³/mol. The van der Waals surface area contributed by atoms with Crippen molar-refractivity contribution in [1.82, 2.24) is 0 Å². The Morgan fingerprint density at radius 1 is 1.38 bits per heavy atom. The number of aryl methyl sites for hydroxylation is 1. The second-order valence-corrected chi connectivity index (χ2v) is 3.38. The fourth-order valence-electron chi connectivity index (χ4n) is 1.80. The third-order valence-corrected chi connectivity index (χ3v) is 2.50. The maximum atomic E-state index is 9.42. The number of rotatable bonds is 0. The number of hydrogen-bond donors (Lipinski definition) is 2. The summed E-state index contributed by atoms with van der Waals surface area (Å²) in [6.07, 6.45) is 2.36. The minimum absolute atomic E-state index is 0. The summed E-state index contributed by atoms with van der Waals surface area (Å²) >= 11 is 0. The minimum atomic E-state index is -0.192. The van der Waals surface area contributed by atoms with Crippen LogP contribution >= 0.6 is 17.0 Å². The van der Waals surface area contributed by atoms with Crippen LogP contribution in [0.1, 0.15) is 17.5 Å². The number of nitrogen functional groups attached to an aromatic ring is 1. The van der Waals surface area contributed by atoms with Crippen LogP contribution in [0.4, 0.5) is 5.69 Å². The first kappa shape index (κ1) is 10.5. The van der Waals surface area contributed by atoms with E-state index in [2.05, 4.69) is 6.07 Å². The summed E-state index contributed by atoms with van der Waals surface area (Å²) in [6.45, 7) is 0. The first-order valence-corrected chi connectivity index (χ1v) is 4.31. The zero-order valence-electron chi connectivity index (χ0n) is 7.36. The Labute approximate surface area is 88.5 Å². The number of benzene rings is 1. The van der Waals surface area contributed by atoms with E-state index in [0.29, 0.717) is 0 Å². The number of fused-ring (bicyclic) bond motifs is 1. The Bertz CT molecular complexity index is 301. The molecule has 1 aliphatic carbocycles. The van der Waals surface area contributed by atoms with Gasteiger partial charge in [-0.15, -0.1) is 17.0 Å². The lowest BCUT2D eigenvalue weighted by Crippen LogP contribution is -2.19. The number of anilines is 1. The Hall–Kier alpha value is -0.540. The first-order valence-electron chi connectivity index (χ1n) is 4.31. The van der Waals surface area contributed by atoms with Crippen molar-refractivity contribution in [2.24, 2.45) is 0 Å². The molecule has 0 saturated heterocycles. The molecule has 0 spiro atoms. The van der Waals surface area contributed by atoms with E-state index in [0.717, 1.165) is 30.5 Å². The molecule has 1 aromatic rings. The van der Waals surface area contributed by atoms with Crippen LogP contribution in [-0.2, 0) is 12.8 Å². The second-order valence-electron chi connectivity index (χ2n) is 3.38. The topological polar surface area (TPSA) is 46.2 Å². The molecule has 72 valence electrons. The van der Waals surface area contributed by atoms with Gasteiger partial charge in [0.15, 0.2) is 0 Å². The predicted octanol–water partition coefficient (Wildman–Crippen LogP) is 1.70. The summed E-state index contributed by atoms with van der Waals surface area (Å²) in [7, 11) is 0. The number of aliphatic hydroxyl groups excluding tert-OH is 1. The summed E-state index contributed by atoms with van der Waals surface area (Å²) < 4.78 is 0. The third kappa shape index (κ3) is 2.03. The van der Waals surface area contributed by atoms with Gasteiger partial charge in [0.1, 0.15) is 0 Å². The lowest BCUT2D eigenvalue weighted by Gasteiger charge is -2.21. The summed E-state index contributed by atoms with van der Waals surface area (Å²) in [6, 6.07) is 5.97. The Morgan fingerprint density at radius 2 is 2.15 bits per heavy atom. The van der Waals surface area contributed by atoms with Crippen molar-refractivity contribution in [3.8, 4) is 0 Å². The van der Waals surface area contributed by atoms with Gasteiger partial charge in [0.2, 0.25) is 0 Å². The summed E-state index contributed by atoms with van der Waals surface area (Å²) in [5.74, 6) is 0. The van der Waals surface area contributed by atoms with E-state index in [1.165, 1.54) is 5.56 Å². The molecule has 0 radical (unpaired) electrons. The molecular weight excluding hydrogens is 230 g/mol. The summed E-state index contributed by atoms with van der Waals surface area (Å²) in [5.41, 5.74) is 9.07. The zero-order valence-corrected chi connectivity index (χ0v) is 9.08. The van der Waals surface area contributed by atoms with Crippen molar-refractivity contribution in [3.63, 3.8) is 0 Å². The highest BCUT2D eigenvalue weighted by atomic mass is 79.9. The largest absolute Gasteiger partial charge is 0.398 e. The van der Waals surface area contributed by atoms with Gasteiger partial charge in [0.25, 0.3) is 0 Å². The molecule has 1 aliphatic rings. The van der Waals surface area contributed by atoms with Crippen LogP contribution in [0.2, 0.25) is 0 Å². The van der Waals surface area contributed by atoms with E-state index < -0.39 is 0 Å². The van der Waals surface area contributed by atoms with Crippen molar-refractivity contribution in [3.05, 3.63) is 29.3 Å².